The molecule has 1 amide bonds. The number of rotatable bonds is 4. The van der Waals surface area contributed by atoms with Crippen molar-refractivity contribution in [2.75, 3.05) is 0 Å². The third kappa shape index (κ3) is 3.46. The van der Waals surface area contributed by atoms with Gasteiger partial charge in [-0.3, -0.25) is 4.79 Å². The molecule has 0 bridgehead atoms. The fourth-order valence-corrected chi connectivity index (χ4v) is 3.45. The monoisotopic (exact) mass is 284 g/mol. The van der Waals surface area contributed by atoms with Crippen molar-refractivity contribution in [3.05, 3.63) is 36.0 Å². The molecule has 0 saturated heterocycles. The van der Waals surface area contributed by atoms with Crippen LogP contribution in [0.5, 0.6) is 0 Å². The average molecular weight is 284 g/mol. The molecule has 2 N–H and O–H groups in total. The summed E-state index contributed by atoms with van der Waals surface area (Å²) in [6.45, 7) is 2.28. The first-order valence-corrected chi connectivity index (χ1v) is 8.06. The van der Waals surface area contributed by atoms with Crippen molar-refractivity contribution >= 4 is 16.8 Å². The SMILES string of the molecule is C[C@H]1CCC[C@H](NC(=O)CCc2c[nH]c3ccccc23)C1. The van der Waals surface area contributed by atoms with Gasteiger partial charge >= 0.3 is 0 Å². The number of para-hydroxylation sites is 1. The number of aromatic nitrogens is 1. The second-order valence-corrected chi connectivity index (χ2v) is 6.40. The third-order valence-corrected chi connectivity index (χ3v) is 4.60. The predicted molar refractivity (Wildman–Crippen MR) is 86.2 cm³/mol. The summed E-state index contributed by atoms with van der Waals surface area (Å²) in [5.41, 5.74) is 2.38. The molecule has 0 radical (unpaired) electrons. The zero-order chi connectivity index (χ0) is 14.7. The molecule has 21 heavy (non-hydrogen) atoms. The van der Waals surface area contributed by atoms with Crippen LogP contribution in [0, 0.1) is 5.92 Å². The minimum Gasteiger partial charge on any atom is -0.361 e. The van der Waals surface area contributed by atoms with Crippen LogP contribution < -0.4 is 5.32 Å². The van der Waals surface area contributed by atoms with Gasteiger partial charge in [0.15, 0.2) is 0 Å². The van der Waals surface area contributed by atoms with E-state index in [4.69, 9.17) is 0 Å². The van der Waals surface area contributed by atoms with Crippen molar-refractivity contribution in [2.24, 2.45) is 5.92 Å². The van der Waals surface area contributed by atoms with Crippen LogP contribution in [0.4, 0.5) is 0 Å². The van der Waals surface area contributed by atoms with E-state index in [0.717, 1.165) is 30.7 Å². The highest BCUT2D eigenvalue weighted by atomic mass is 16.1. The van der Waals surface area contributed by atoms with E-state index in [1.807, 2.05) is 18.3 Å². The van der Waals surface area contributed by atoms with Crippen molar-refractivity contribution in [1.29, 1.82) is 0 Å². The molecule has 1 aliphatic rings. The van der Waals surface area contributed by atoms with E-state index in [1.54, 1.807) is 0 Å². The Kier molecular flexibility index (Phi) is 4.28. The van der Waals surface area contributed by atoms with Gasteiger partial charge in [0.2, 0.25) is 5.91 Å². The number of aromatic amines is 1. The summed E-state index contributed by atoms with van der Waals surface area (Å²) >= 11 is 0. The molecule has 1 aromatic carbocycles. The highest BCUT2D eigenvalue weighted by Crippen LogP contribution is 2.24. The Labute approximate surface area is 126 Å². The fourth-order valence-electron chi connectivity index (χ4n) is 3.45. The van der Waals surface area contributed by atoms with E-state index in [0.29, 0.717) is 12.5 Å². The lowest BCUT2D eigenvalue weighted by Gasteiger charge is -2.27. The minimum atomic E-state index is 0.194. The largest absolute Gasteiger partial charge is 0.361 e. The van der Waals surface area contributed by atoms with Crippen molar-refractivity contribution < 1.29 is 4.79 Å². The van der Waals surface area contributed by atoms with Gasteiger partial charge in [-0.2, -0.15) is 0 Å². The Morgan fingerprint density at radius 1 is 1.33 bits per heavy atom. The highest BCUT2D eigenvalue weighted by Gasteiger charge is 2.20. The van der Waals surface area contributed by atoms with Crippen LogP contribution in [0.1, 0.15) is 44.6 Å². The van der Waals surface area contributed by atoms with E-state index >= 15 is 0 Å². The number of benzene rings is 1. The van der Waals surface area contributed by atoms with Gasteiger partial charge in [-0.15, -0.1) is 0 Å². The molecule has 112 valence electrons. The second kappa shape index (κ2) is 6.33. The zero-order valence-electron chi connectivity index (χ0n) is 12.7. The molecule has 2 atom stereocenters. The lowest BCUT2D eigenvalue weighted by Crippen LogP contribution is -2.38. The maximum atomic E-state index is 12.1. The maximum absolute atomic E-state index is 12.1. The predicted octanol–water partition coefficient (Wildman–Crippen LogP) is 3.80. The van der Waals surface area contributed by atoms with E-state index in [1.165, 1.54) is 23.8 Å². The van der Waals surface area contributed by atoms with Crippen molar-refractivity contribution in [1.82, 2.24) is 10.3 Å². The Hall–Kier alpha value is -1.77. The normalized spacial score (nSPS) is 22.3. The number of hydrogen-bond acceptors (Lipinski definition) is 1. The highest BCUT2D eigenvalue weighted by molar-refractivity contribution is 5.84. The summed E-state index contributed by atoms with van der Waals surface area (Å²) in [7, 11) is 0. The zero-order valence-corrected chi connectivity index (χ0v) is 12.7. The van der Waals surface area contributed by atoms with Gasteiger partial charge in [0.1, 0.15) is 0 Å². The molecular formula is C18H24N2O. The topological polar surface area (TPSA) is 44.9 Å². The summed E-state index contributed by atoms with van der Waals surface area (Å²) in [5.74, 6) is 0.942. The van der Waals surface area contributed by atoms with Gasteiger partial charge in [0.05, 0.1) is 0 Å². The lowest BCUT2D eigenvalue weighted by atomic mass is 9.87. The van der Waals surface area contributed by atoms with Crippen LogP contribution in [-0.4, -0.2) is 16.9 Å². The van der Waals surface area contributed by atoms with Crippen molar-refractivity contribution in [2.45, 2.75) is 51.5 Å². The number of carbonyl (C=O) groups excluding carboxylic acids is 1. The number of fused-ring (bicyclic) bond motifs is 1. The molecule has 1 aliphatic carbocycles. The molecule has 0 spiro atoms. The number of H-pyrrole nitrogens is 1. The average Bonchev–Trinajstić information content (AvgIpc) is 2.88. The molecule has 0 unspecified atom stereocenters. The van der Waals surface area contributed by atoms with Crippen molar-refractivity contribution in [3.8, 4) is 0 Å². The molecular weight excluding hydrogens is 260 g/mol. The first kappa shape index (κ1) is 14.2. The minimum absolute atomic E-state index is 0.194. The van der Waals surface area contributed by atoms with Crippen LogP contribution in [0.3, 0.4) is 0 Å². The fraction of sp³-hybridized carbons (Fsp3) is 0.500. The Bertz CT molecular complexity index is 616. The number of hydrogen-bond donors (Lipinski definition) is 2. The molecule has 0 aliphatic heterocycles. The van der Waals surface area contributed by atoms with E-state index in [-0.39, 0.29) is 5.91 Å². The van der Waals surface area contributed by atoms with Gasteiger partial charge in [-0.25, -0.2) is 0 Å². The Morgan fingerprint density at radius 2 is 2.19 bits per heavy atom. The van der Waals surface area contributed by atoms with Crippen molar-refractivity contribution in [3.63, 3.8) is 0 Å². The van der Waals surface area contributed by atoms with E-state index in [2.05, 4.69) is 29.4 Å². The van der Waals surface area contributed by atoms with E-state index < -0.39 is 0 Å². The Balaban J connectivity index is 1.54. The van der Waals surface area contributed by atoms with Gasteiger partial charge in [-0.1, -0.05) is 38.0 Å². The number of aryl methyl sites for hydroxylation is 1. The van der Waals surface area contributed by atoms with Gasteiger partial charge in [0, 0.05) is 29.6 Å². The second-order valence-electron chi connectivity index (χ2n) is 6.40. The summed E-state index contributed by atoms with van der Waals surface area (Å²) < 4.78 is 0. The molecule has 1 heterocycles. The van der Waals surface area contributed by atoms with Gasteiger partial charge < -0.3 is 10.3 Å². The molecule has 3 nitrogen and oxygen atoms in total. The number of nitrogens with one attached hydrogen (secondary N) is 2. The number of carbonyl (C=O) groups is 1. The first-order chi connectivity index (χ1) is 10.2. The van der Waals surface area contributed by atoms with Crippen LogP contribution in [0.25, 0.3) is 10.9 Å². The van der Waals surface area contributed by atoms with Crippen LogP contribution in [-0.2, 0) is 11.2 Å². The summed E-state index contributed by atoms with van der Waals surface area (Å²) in [4.78, 5) is 15.4. The molecule has 1 aromatic heterocycles. The van der Waals surface area contributed by atoms with Crippen LogP contribution in [0.15, 0.2) is 30.5 Å². The smallest absolute Gasteiger partial charge is 0.220 e. The summed E-state index contributed by atoms with van der Waals surface area (Å²) in [6.07, 6.45) is 8.24. The molecule has 2 aromatic rings. The Morgan fingerprint density at radius 3 is 3.05 bits per heavy atom. The van der Waals surface area contributed by atoms with Gasteiger partial charge in [0.25, 0.3) is 0 Å². The van der Waals surface area contributed by atoms with Crippen LogP contribution >= 0.6 is 0 Å². The number of amides is 1. The quantitative estimate of drug-likeness (QED) is 0.881. The maximum Gasteiger partial charge on any atom is 0.220 e. The first-order valence-electron chi connectivity index (χ1n) is 8.06. The van der Waals surface area contributed by atoms with Gasteiger partial charge in [-0.05, 0) is 36.8 Å². The molecule has 3 rings (SSSR count). The molecule has 1 fully saturated rings. The lowest BCUT2D eigenvalue weighted by molar-refractivity contribution is -0.122. The molecule has 3 heteroatoms. The summed E-state index contributed by atoms with van der Waals surface area (Å²) in [5, 5.41) is 4.44. The van der Waals surface area contributed by atoms with Crippen LogP contribution in [0.2, 0.25) is 0 Å². The standard InChI is InChI=1S/C18H24N2O/c1-13-5-4-6-15(11-13)20-18(21)10-9-14-12-19-17-8-3-2-7-16(14)17/h2-3,7-8,12-13,15,19H,4-6,9-11H2,1H3,(H,20,21)/t13-,15-/m0/s1. The molecule has 1 saturated carbocycles. The third-order valence-electron chi connectivity index (χ3n) is 4.60. The van der Waals surface area contributed by atoms with E-state index in [9.17, 15) is 4.79 Å². The summed E-state index contributed by atoms with van der Waals surface area (Å²) in [6, 6.07) is 8.65.